The molecule has 1 heterocycles. The van der Waals surface area contributed by atoms with Gasteiger partial charge in [0.05, 0.1) is 9.82 Å². The molecule has 1 aliphatic rings. The van der Waals surface area contributed by atoms with Gasteiger partial charge in [-0.25, -0.2) is 8.42 Å². The molecule has 0 radical (unpaired) electrons. The van der Waals surface area contributed by atoms with Gasteiger partial charge in [-0.3, -0.25) is 10.1 Å². The fourth-order valence-electron chi connectivity index (χ4n) is 2.36. The zero-order valence-corrected chi connectivity index (χ0v) is 12.2. The summed E-state index contributed by atoms with van der Waals surface area (Å²) in [6, 6.07) is 3.99. The molecule has 0 aliphatic carbocycles. The first kappa shape index (κ1) is 14.9. The molecule has 1 unspecified atom stereocenters. The predicted molar refractivity (Wildman–Crippen MR) is 74.1 cm³/mol. The van der Waals surface area contributed by atoms with E-state index < -0.39 is 14.9 Å². The second kappa shape index (κ2) is 5.47. The molecule has 1 saturated heterocycles. The molecular weight excluding hydrogens is 282 g/mol. The van der Waals surface area contributed by atoms with Crippen LogP contribution >= 0.6 is 0 Å². The molecule has 1 aromatic carbocycles. The van der Waals surface area contributed by atoms with E-state index in [1.54, 1.807) is 14.0 Å². The van der Waals surface area contributed by atoms with E-state index in [4.69, 9.17) is 0 Å². The minimum absolute atomic E-state index is 0.101. The van der Waals surface area contributed by atoms with Gasteiger partial charge in [0, 0.05) is 31.3 Å². The predicted octanol–water partition coefficient (Wildman–Crippen LogP) is 0.886. The quantitative estimate of drug-likeness (QED) is 0.658. The Bertz CT molecular complexity index is 630. The van der Waals surface area contributed by atoms with Crippen molar-refractivity contribution in [1.29, 1.82) is 0 Å². The van der Waals surface area contributed by atoms with Crippen LogP contribution in [0.25, 0.3) is 0 Å². The van der Waals surface area contributed by atoms with E-state index in [2.05, 4.69) is 5.32 Å². The standard InChI is InChI=1S/C12H17N3O4S/c1-9-7-11(15(16)17)3-4-12(9)20(18,19)14-6-5-10(8-14)13-2/h3-4,7,10,13H,5-6,8H2,1-2H3. The number of benzene rings is 1. The number of sulfonamides is 1. The molecule has 0 amide bonds. The number of hydrogen-bond donors (Lipinski definition) is 1. The van der Waals surface area contributed by atoms with Crippen molar-refractivity contribution in [2.24, 2.45) is 0 Å². The fourth-order valence-corrected chi connectivity index (χ4v) is 4.06. The van der Waals surface area contributed by atoms with Crippen molar-refractivity contribution in [1.82, 2.24) is 9.62 Å². The molecule has 7 nitrogen and oxygen atoms in total. The molecule has 1 N–H and O–H groups in total. The van der Waals surface area contributed by atoms with E-state index in [0.29, 0.717) is 18.7 Å². The Labute approximate surface area is 117 Å². The Balaban J connectivity index is 2.33. The Morgan fingerprint density at radius 1 is 1.45 bits per heavy atom. The number of likely N-dealkylation sites (N-methyl/N-ethyl adjacent to an activating group) is 1. The summed E-state index contributed by atoms with van der Waals surface area (Å²) in [5.74, 6) is 0. The van der Waals surface area contributed by atoms with Crippen molar-refractivity contribution in [2.75, 3.05) is 20.1 Å². The third-order valence-electron chi connectivity index (χ3n) is 3.55. The van der Waals surface area contributed by atoms with Crippen LogP contribution in [0.5, 0.6) is 0 Å². The molecule has 1 fully saturated rings. The molecule has 110 valence electrons. The maximum absolute atomic E-state index is 12.5. The maximum Gasteiger partial charge on any atom is 0.269 e. The number of nitrogens with zero attached hydrogens (tertiary/aromatic N) is 2. The lowest BCUT2D eigenvalue weighted by Gasteiger charge is -2.17. The smallest absolute Gasteiger partial charge is 0.269 e. The van der Waals surface area contributed by atoms with E-state index in [9.17, 15) is 18.5 Å². The van der Waals surface area contributed by atoms with Crippen molar-refractivity contribution in [3.8, 4) is 0 Å². The molecule has 8 heteroatoms. The van der Waals surface area contributed by atoms with Gasteiger partial charge in [0.25, 0.3) is 5.69 Å². The molecule has 2 rings (SSSR count). The zero-order valence-electron chi connectivity index (χ0n) is 11.4. The average Bonchev–Trinajstić information content (AvgIpc) is 2.87. The van der Waals surface area contributed by atoms with Crippen LogP contribution in [0.2, 0.25) is 0 Å². The third-order valence-corrected chi connectivity index (χ3v) is 5.57. The van der Waals surface area contributed by atoms with Crippen LogP contribution in [0.1, 0.15) is 12.0 Å². The van der Waals surface area contributed by atoms with Crippen molar-refractivity contribution in [2.45, 2.75) is 24.3 Å². The molecule has 1 aromatic rings. The van der Waals surface area contributed by atoms with Gasteiger partial charge in [-0.2, -0.15) is 4.31 Å². The van der Waals surface area contributed by atoms with E-state index in [1.807, 2.05) is 0 Å². The number of aryl methyl sites for hydroxylation is 1. The van der Waals surface area contributed by atoms with Crippen LogP contribution in [0.3, 0.4) is 0 Å². The second-order valence-electron chi connectivity index (χ2n) is 4.84. The molecule has 20 heavy (non-hydrogen) atoms. The molecule has 0 bridgehead atoms. The highest BCUT2D eigenvalue weighted by molar-refractivity contribution is 7.89. The summed E-state index contributed by atoms with van der Waals surface area (Å²) in [6.45, 7) is 2.46. The van der Waals surface area contributed by atoms with Crippen molar-refractivity contribution in [3.05, 3.63) is 33.9 Å². The average molecular weight is 299 g/mol. The van der Waals surface area contributed by atoms with Gasteiger partial charge in [0.15, 0.2) is 0 Å². The highest BCUT2D eigenvalue weighted by atomic mass is 32.2. The highest BCUT2D eigenvalue weighted by Crippen LogP contribution is 2.26. The van der Waals surface area contributed by atoms with Gasteiger partial charge in [-0.1, -0.05) is 0 Å². The SMILES string of the molecule is CNC1CCN(S(=O)(=O)c2ccc([N+](=O)[O-])cc2C)C1. The fraction of sp³-hybridized carbons (Fsp3) is 0.500. The largest absolute Gasteiger partial charge is 0.316 e. The topological polar surface area (TPSA) is 92.6 Å². The minimum Gasteiger partial charge on any atom is -0.316 e. The first-order valence-electron chi connectivity index (χ1n) is 6.28. The molecular formula is C12H17N3O4S. The summed E-state index contributed by atoms with van der Waals surface area (Å²) in [5.41, 5.74) is 0.295. The summed E-state index contributed by atoms with van der Waals surface area (Å²) in [5, 5.41) is 13.8. The van der Waals surface area contributed by atoms with Gasteiger partial charge in [0.1, 0.15) is 0 Å². The van der Waals surface area contributed by atoms with Gasteiger partial charge in [-0.05, 0) is 32.0 Å². The summed E-state index contributed by atoms with van der Waals surface area (Å²) in [6.07, 6.45) is 0.766. The molecule has 0 aromatic heterocycles. The Morgan fingerprint density at radius 3 is 2.65 bits per heavy atom. The first-order chi connectivity index (χ1) is 9.36. The van der Waals surface area contributed by atoms with Gasteiger partial charge in [-0.15, -0.1) is 0 Å². The lowest BCUT2D eigenvalue weighted by atomic mass is 10.2. The molecule has 0 spiro atoms. The second-order valence-corrected chi connectivity index (χ2v) is 6.75. The van der Waals surface area contributed by atoms with Crippen LogP contribution in [0.15, 0.2) is 23.1 Å². The van der Waals surface area contributed by atoms with Gasteiger partial charge < -0.3 is 5.32 Å². The van der Waals surface area contributed by atoms with Gasteiger partial charge in [0.2, 0.25) is 10.0 Å². The van der Waals surface area contributed by atoms with Crippen LogP contribution in [0, 0.1) is 17.0 Å². The number of non-ortho nitro benzene ring substituents is 1. The maximum atomic E-state index is 12.5. The zero-order chi connectivity index (χ0) is 14.9. The Hall–Kier alpha value is -1.51. The number of rotatable bonds is 4. The van der Waals surface area contributed by atoms with E-state index in [1.165, 1.54) is 22.5 Å². The lowest BCUT2D eigenvalue weighted by molar-refractivity contribution is -0.385. The van der Waals surface area contributed by atoms with E-state index in [-0.39, 0.29) is 16.6 Å². The van der Waals surface area contributed by atoms with E-state index >= 15 is 0 Å². The first-order valence-corrected chi connectivity index (χ1v) is 7.72. The van der Waals surface area contributed by atoms with Crippen molar-refractivity contribution >= 4 is 15.7 Å². The van der Waals surface area contributed by atoms with Crippen LogP contribution < -0.4 is 5.32 Å². The Kier molecular flexibility index (Phi) is 4.07. The lowest BCUT2D eigenvalue weighted by Crippen LogP contribution is -2.33. The van der Waals surface area contributed by atoms with Crippen LogP contribution in [0.4, 0.5) is 5.69 Å². The van der Waals surface area contributed by atoms with Crippen molar-refractivity contribution < 1.29 is 13.3 Å². The molecule has 1 aliphatic heterocycles. The summed E-state index contributed by atoms with van der Waals surface area (Å²) in [4.78, 5) is 10.3. The number of nitro groups is 1. The number of hydrogen-bond acceptors (Lipinski definition) is 5. The normalized spacial score (nSPS) is 20.2. The summed E-state index contributed by atoms with van der Waals surface area (Å²) >= 11 is 0. The number of nitro benzene ring substituents is 1. The Morgan fingerprint density at radius 2 is 2.15 bits per heavy atom. The monoisotopic (exact) mass is 299 g/mol. The number of nitrogens with one attached hydrogen (secondary N) is 1. The molecule has 0 saturated carbocycles. The minimum atomic E-state index is -3.58. The van der Waals surface area contributed by atoms with E-state index in [0.717, 1.165) is 6.42 Å². The molecule has 1 atom stereocenters. The highest BCUT2D eigenvalue weighted by Gasteiger charge is 2.33. The summed E-state index contributed by atoms with van der Waals surface area (Å²) < 4.78 is 26.5. The third kappa shape index (κ3) is 2.67. The van der Waals surface area contributed by atoms with Crippen molar-refractivity contribution in [3.63, 3.8) is 0 Å². The summed E-state index contributed by atoms with van der Waals surface area (Å²) in [7, 11) is -1.78. The van der Waals surface area contributed by atoms with Crippen LogP contribution in [-0.2, 0) is 10.0 Å². The van der Waals surface area contributed by atoms with Gasteiger partial charge >= 0.3 is 0 Å². The van der Waals surface area contributed by atoms with Crippen LogP contribution in [-0.4, -0.2) is 43.8 Å².